The summed E-state index contributed by atoms with van der Waals surface area (Å²) < 4.78 is 31.6. The molecule has 3 aromatic rings. The van der Waals surface area contributed by atoms with Crippen LogP contribution >= 0.6 is 24.0 Å². The summed E-state index contributed by atoms with van der Waals surface area (Å²) >= 11 is 0. The van der Waals surface area contributed by atoms with Gasteiger partial charge in [0, 0.05) is 85.4 Å². The highest BCUT2D eigenvalue weighted by atomic mass is 127. The summed E-state index contributed by atoms with van der Waals surface area (Å²) in [6, 6.07) is 20.0. The Morgan fingerprint density at radius 2 is 1.48 bits per heavy atom. The second kappa shape index (κ2) is 19.2. The van der Waals surface area contributed by atoms with E-state index in [1.807, 2.05) is 0 Å². The number of nitrogens with zero attached hydrogens (tertiary/aromatic N) is 6. The van der Waals surface area contributed by atoms with Gasteiger partial charge in [-0.1, -0.05) is 76.2 Å². The Bertz CT molecular complexity index is 2470. The predicted octanol–water partition coefficient (Wildman–Crippen LogP) is 6.93. The van der Waals surface area contributed by atoms with Crippen molar-refractivity contribution in [3.63, 3.8) is 0 Å². The third kappa shape index (κ3) is 8.98. The zero-order chi connectivity index (χ0) is 42.3. The van der Waals surface area contributed by atoms with Crippen molar-refractivity contribution in [2.75, 3.05) is 44.2 Å². The summed E-state index contributed by atoms with van der Waals surface area (Å²) in [5.41, 5.74) is 9.33. The van der Waals surface area contributed by atoms with Crippen LogP contribution in [0.15, 0.2) is 118 Å². The number of halogens is 2. The van der Waals surface area contributed by atoms with Crippen LogP contribution in [-0.2, 0) is 20.9 Å². The average Bonchev–Trinajstić information content (AvgIpc) is 3.57. The first-order valence-electron chi connectivity index (χ1n) is 20.7. The standard InChI is InChI=1S/C46H55N6O6S.2HI/c1-7-26-49-38-18-11-9-16-36(38)45(3,4)42(49)24-20-33-14-13-15-34(21-25-43-46(5,6)37-17-10-12-19-39(37)50(43)27-8-2)44(33)47-28-30-48(31-29-47)59(57,58)41-23-22-35(51(53)54)32-40(41)52(55)56;;/h9-12,16-25,32H,7-8,13-15,26-31H2,1-6H3;2*1H/q+1;;/p-1. The van der Waals surface area contributed by atoms with Crippen molar-refractivity contribution < 1.29 is 46.8 Å². The number of anilines is 1. The number of non-ortho nitro benzene ring substituents is 1. The van der Waals surface area contributed by atoms with E-state index < -0.39 is 36.1 Å². The summed E-state index contributed by atoms with van der Waals surface area (Å²) in [7, 11) is -4.33. The van der Waals surface area contributed by atoms with Crippen LogP contribution in [0.1, 0.15) is 84.8 Å². The van der Waals surface area contributed by atoms with Crippen LogP contribution in [0.3, 0.4) is 0 Å². The summed E-state index contributed by atoms with van der Waals surface area (Å²) in [5, 5.41) is 23.3. The fraction of sp³-hybridized carbons (Fsp3) is 0.413. The monoisotopic (exact) mass is 1070 g/mol. The van der Waals surface area contributed by atoms with E-state index in [2.05, 4.69) is 129 Å². The SMILES string of the molecule is CCCN1/C(=C\C=C2/CCCC(/C=C/C3=[N+](CCC)c4ccccc4C3(C)C)=C2N2CCN(S(=O)(=O)c3ccc([N+](=O)[O-])cc3[N+](=O)[O-])CC2)C(C)(C)c2ccccc21.I.[I-]. The van der Waals surface area contributed by atoms with Crippen molar-refractivity contribution in [1.29, 1.82) is 0 Å². The second-order valence-corrected chi connectivity index (χ2v) is 18.7. The van der Waals surface area contributed by atoms with Crippen molar-refractivity contribution in [2.24, 2.45) is 0 Å². The third-order valence-corrected chi connectivity index (χ3v) is 14.3. The van der Waals surface area contributed by atoms with Crippen LogP contribution in [-0.4, -0.2) is 77.0 Å². The number of allylic oxidation sites excluding steroid dienone is 7. The van der Waals surface area contributed by atoms with Crippen LogP contribution < -0.4 is 28.9 Å². The molecule has 1 fully saturated rings. The smallest absolute Gasteiger partial charge is 0.296 e. The molecule has 0 atom stereocenters. The molecule has 0 saturated carbocycles. The summed E-state index contributed by atoms with van der Waals surface area (Å²) in [4.78, 5) is 25.9. The van der Waals surface area contributed by atoms with Crippen molar-refractivity contribution in [1.82, 2.24) is 9.21 Å². The molecule has 4 aliphatic rings. The largest absolute Gasteiger partial charge is 1.00 e. The fourth-order valence-electron chi connectivity index (χ4n) is 9.48. The Labute approximate surface area is 394 Å². The Kier molecular flexibility index (Phi) is 15.1. The quantitative estimate of drug-likeness (QED) is 0.0827. The van der Waals surface area contributed by atoms with Crippen LogP contribution in [0.2, 0.25) is 0 Å². The number of fused-ring (bicyclic) bond motifs is 2. The molecule has 12 nitrogen and oxygen atoms in total. The van der Waals surface area contributed by atoms with Gasteiger partial charge in [-0.25, -0.2) is 8.42 Å². The molecular formula is C46H56I2N6O6S. The maximum absolute atomic E-state index is 14.0. The van der Waals surface area contributed by atoms with Gasteiger partial charge in [0.25, 0.3) is 11.4 Å². The molecule has 0 unspecified atom stereocenters. The van der Waals surface area contributed by atoms with E-state index in [9.17, 15) is 28.6 Å². The lowest BCUT2D eigenvalue weighted by Crippen LogP contribution is -3.00. The van der Waals surface area contributed by atoms with E-state index in [0.29, 0.717) is 13.1 Å². The summed E-state index contributed by atoms with van der Waals surface area (Å²) in [6.45, 7) is 16.3. The van der Waals surface area contributed by atoms with Gasteiger partial charge in [-0.3, -0.25) is 20.2 Å². The summed E-state index contributed by atoms with van der Waals surface area (Å²) in [6.07, 6.45) is 13.8. The zero-order valence-corrected chi connectivity index (χ0v) is 41.1. The van der Waals surface area contributed by atoms with E-state index in [1.54, 1.807) is 0 Å². The van der Waals surface area contributed by atoms with Crippen LogP contribution in [0.25, 0.3) is 0 Å². The van der Waals surface area contributed by atoms with Crippen LogP contribution in [0.5, 0.6) is 0 Å². The Balaban J connectivity index is 0.00000352. The molecule has 3 heterocycles. The Morgan fingerprint density at radius 3 is 2.13 bits per heavy atom. The third-order valence-electron chi connectivity index (χ3n) is 12.4. The van der Waals surface area contributed by atoms with E-state index in [1.165, 1.54) is 49.4 Å². The first-order valence-corrected chi connectivity index (χ1v) is 22.2. The predicted molar refractivity (Wildman–Crippen MR) is 248 cm³/mol. The fourth-order valence-corrected chi connectivity index (χ4v) is 11.0. The lowest BCUT2D eigenvalue weighted by Gasteiger charge is -2.39. The Hall–Kier alpha value is -3.94. The topological polar surface area (TPSA) is 133 Å². The van der Waals surface area contributed by atoms with Gasteiger partial charge < -0.3 is 33.8 Å². The van der Waals surface area contributed by atoms with E-state index in [4.69, 9.17) is 0 Å². The molecular weight excluding hydrogens is 1020 g/mol. The molecule has 1 aliphatic carbocycles. The lowest BCUT2D eigenvalue weighted by molar-refractivity contribution is -0.437. The molecule has 0 amide bonds. The van der Waals surface area contributed by atoms with E-state index in [0.717, 1.165) is 69.1 Å². The number of hydrogen-bond acceptors (Lipinski definition) is 8. The number of rotatable bonds is 12. The number of para-hydroxylation sites is 2. The second-order valence-electron chi connectivity index (χ2n) is 16.8. The number of nitro groups is 2. The van der Waals surface area contributed by atoms with Gasteiger partial charge in [-0.05, 0) is 74.4 Å². The molecule has 15 heteroatoms. The number of nitro benzene ring substituents is 2. The van der Waals surface area contributed by atoms with Gasteiger partial charge in [0.2, 0.25) is 15.7 Å². The van der Waals surface area contributed by atoms with Crippen LogP contribution in [0.4, 0.5) is 22.7 Å². The van der Waals surface area contributed by atoms with E-state index >= 15 is 0 Å². The molecule has 1 saturated heterocycles. The maximum atomic E-state index is 14.0. The van der Waals surface area contributed by atoms with Gasteiger partial charge in [-0.2, -0.15) is 8.88 Å². The maximum Gasteiger partial charge on any atom is 0.296 e. The van der Waals surface area contributed by atoms with Gasteiger partial charge in [0.1, 0.15) is 6.54 Å². The highest BCUT2D eigenvalue weighted by molar-refractivity contribution is 14.0. The average molecular weight is 1070 g/mol. The van der Waals surface area contributed by atoms with E-state index in [-0.39, 0.29) is 71.9 Å². The highest BCUT2D eigenvalue weighted by Crippen LogP contribution is 2.48. The molecule has 7 rings (SSSR count). The normalized spacial score (nSPS) is 19.9. The molecule has 0 aromatic heterocycles. The number of hydrogen-bond donors (Lipinski definition) is 0. The minimum Gasteiger partial charge on any atom is -1.00 e. The first kappa shape index (κ1) is 48.1. The molecule has 326 valence electrons. The number of sulfonamides is 1. The summed E-state index contributed by atoms with van der Waals surface area (Å²) in [5.74, 6) is 0. The lowest BCUT2D eigenvalue weighted by atomic mass is 9.81. The number of benzene rings is 3. The van der Waals surface area contributed by atoms with Gasteiger partial charge >= 0.3 is 0 Å². The number of piperazine rings is 1. The highest BCUT2D eigenvalue weighted by Gasteiger charge is 2.44. The van der Waals surface area contributed by atoms with Crippen molar-refractivity contribution >= 4 is 62.5 Å². The minimum atomic E-state index is -4.33. The first-order chi connectivity index (χ1) is 28.1. The van der Waals surface area contributed by atoms with Crippen molar-refractivity contribution in [3.8, 4) is 0 Å². The molecule has 3 aliphatic heterocycles. The molecule has 61 heavy (non-hydrogen) atoms. The van der Waals surface area contributed by atoms with Gasteiger partial charge in [-0.15, -0.1) is 24.0 Å². The molecule has 0 spiro atoms. The Morgan fingerprint density at radius 1 is 0.803 bits per heavy atom. The van der Waals surface area contributed by atoms with Crippen molar-refractivity contribution in [2.45, 2.75) is 89.4 Å². The minimum absolute atomic E-state index is 0. The molecule has 0 radical (unpaired) electrons. The van der Waals surface area contributed by atoms with Gasteiger partial charge in [0.15, 0.2) is 10.6 Å². The zero-order valence-electron chi connectivity index (χ0n) is 35.8. The van der Waals surface area contributed by atoms with Crippen LogP contribution in [0, 0.1) is 20.2 Å². The van der Waals surface area contributed by atoms with Crippen molar-refractivity contribution in [3.05, 3.63) is 145 Å². The molecule has 0 N–H and O–H groups in total. The van der Waals surface area contributed by atoms with Gasteiger partial charge in [0.05, 0.1) is 21.3 Å². The molecule has 3 aromatic carbocycles. The molecule has 0 bridgehead atoms.